The lowest BCUT2D eigenvalue weighted by atomic mass is 9.33. The van der Waals surface area contributed by atoms with Crippen LogP contribution in [0.4, 0.5) is 13.2 Å². The van der Waals surface area contributed by atoms with Gasteiger partial charge in [-0.15, -0.1) is 0 Å². The minimum absolute atomic E-state index is 0.110. The van der Waals surface area contributed by atoms with Crippen LogP contribution < -0.4 is 0 Å². The van der Waals surface area contributed by atoms with Crippen LogP contribution in [0.2, 0.25) is 0 Å². The number of nitrogens with zero attached hydrogens (tertiary/aromatic N) is 2. The average Bonchev–Trinajstić information content (AvgIpc) is 2.90. The molecule has 1 amide bonds. The average molecular weight is 617 g/mol. The number of amides is 1. The van der Waals surface area contributed by atoms with Gasteiger partial charge in [0.25, 0.3) is 0 Å². The van der Waals surface area contributed by atoms with Gasteiger partial charge < -0.3 is 10.0 Å². The van der Waals surface area contributed by atoms with E-state index in [-0.39, 0.29) is 35.0 Å². The standard InChI is InChI=1S/C35H47F3N2O4/c1-28(2)22-9-10-32(6)23(31(22,5)16-21(19-39)27(28)43)15-25(41)35(44)24-17-29(3,20-40(8)26(42)18-34(36,37)38)11-12-30(24,4)13-14-33(32,35)7/h15-16,22,24,44H,9-14,17-18,20H2,1-8H3/t22-,24+,29-,30+,31-,32+,33-,35+/m0/s1. The number of halogens is 3. The van der Waals surface area contributed by atoms with Crippen LogP contribution in [-0.4, -0.2) is 52.8 Å². The molecule has 0 saturated heterocycles. The third kappa shape index (κ3) is 4.25. The molecule has 0 heterocycles. The smallest absolute Gasteiger partial charge is 0.381 e. The third-order valence-corrected chi connectivity index (χ3v) is 13.7. The van der Waals surface area contributed by atoms with Gasteiger partial charge in [-0.25, -0.2) is 0 Å². The van der Waals surface area contributed by atoms with Crippen LogP contribution in [0.15, 0.2) is 23.3 Å². The predicted octanol–water partition coefficient (Wildman–Crippen LogP) is 6.73. The molecule has 0 aromatic heterocycles. The van der Waals surface area contributed by atoms with E-state index in [2.05, 4.69) is 19.9 Å². The molecule has 1 N–H and O–H groups in total. The van der Waals surface area contributed by atoms with Gasteiger partial charge in [0, 0.05) is 35.8 Å². The van der Waals surface area contributed by atoms with Crippen molar-refractivity contribution in [3.8, 4) is 6.07 Å². The van der Waals surface area contributed by atoms with Gasteiger partial charge in [-0.05, 0) is 78.8 Å². The summed E-state index contributed by atoms with van der Waals surface area (Å²) in [6.07, 6.45) is 1.84. The first-order valence-electron chi connectivity index (χ1n) is 15.9. The molecule has 3 saturated carbocycles. The van der Waals surface area contributed by atoms with Crippen LogP contribution in [-0.2, 0) is 14.4 Å². The Morgan fingerprint density at radius 3 is 2.23 bits per heavy atom. The molecule has 0 unspecified atom stereocenters. The SMILES string of the molecule is CN(C[C@@]1(C)CC[C@]2(C)CC[C@@]3(C)[C@]4(C)CC[C@H]5C(C)(C)C(=O)C(C#N)=C[C@]5(C)C4=CC(=O)[C@]3(O)[C@@H]2C1)C(=O)CC(F)(F)F. The Labute approximate surface area is 259 Å². The summed E-state index contributed by atoms with van der Waals surface area (Å²) in [6.45, 7) is 14.2. The number of fused-ring (bicyclic) bond motifs is 7. The quantitative estimate of drug-likeness (QED) is 0.379. The summed E-state index contributed by atoms with van der Waals surface area (Å²) < 4.78 is 38.9. The Balaban J connectivity index is 1.58. The Bertz CT molecular complexity index is 1430. The van der Waals surface area contributed by atoms with Crippen molar-refractivity contribution < 1.29 is 32.7 Å². The van der Waals surface area contributed by atoms with Crippen molar-refractivity contribution in [2.75, 3.05) is 13.6 Å². The minimum atomic E-state index is -4.59. The number of allylic oxidation sites excluding steroid dienone is 3. The molecule has 0 aromatic rings. The zero-order valence-electron chi connectivity index (χ0n) is 27.4. The summed E-state index contributed by atoms with van der Waals surface area (Å²) in [5.74, 6) is -2.10. The highest BCUT2D eigenvalue weighted by Gasteiger charge is 2.75. The van der Waals surface area contributed by atoms with E-state index in [4.69, 9.17) is 0 Å². The number of carbonyl (C=O) groups is 3. The number of carbonyl (C=O) groups excluding carboxylic acids is 3. The van der Waals surface area contributed by atoms with Crippen LogP contribution in [0, 0.1) is 55.7 Å². The van der Waals surface area contributed by atoms with Gasteiger partial charge in [0.05, 0.1) is 5.57 Å². The lowest BCUT2D eigenvalue weighted by molar-refractivity contribution is -0.243. The lowest BCUT2D eigenvalue weighted by Crippen LogP contribution is -2.74. The topological polar surface area (TPSA) is 98.5 Å². The molecule has 0 bridgehead atoms. The molecule has 3 fully saturated rings. The highest BCUT2D eigenvalue weighted by molar-refractivity contribution is 6.05. The maximum Gasteiger partial charge on any atom is 0.397 e. The van der Waals surface area contributed by atoms with E-state index in [1.807, 2.05) is 34.6 Å². The zero-order chi connectivity index (χ0) is 33.1. The third-order valence-electron chi connectivity index (χ3n) is 13.7. The first-order valence-corrected chi connectivity index (χ1v) is 15.9. The fourth-order valence-corrected chi connectivity index (χ4v) is 10.9. The van der Waals surface area contributed by atoms with Crippen LogP contribution in [0.3, 0.4) is 0 Å². The van der Waals surface area contributed by atoms with E-state index >= 15 is 0 Å². The van der Waals surface area contributed by atoms with Gasteiger partial charge in [-0.2, -0.15) is 18.4 Å². The molecule has 242 valence electrons. The number of Topliss-reactive ketones (excluding diaryl/α,β-unsaturated/α-hetero) is 1. The molecule has 6 nitrogen and oxygen atoms in total. The second-order valence-corrected chi connectivity index (χ2v) is 16.7. The fraction of sp³-hybridized carbons (Fsp3) is 0.771. The number of aliphatic hydroxyl groups is 1. The summed E-state index contributed by atoms with van der Waals surface area (Å²) in [5, 5.41) is 22.9. The second-order valence-electron chi connectivity index (χ2n) is 16.7. The molecule has 5 aliphatic rings. The van der Waals surface area contributed by atoms with Crippen molar-refractivity contribution >= 4 is 17.5 Å². The number of alkyl halides is 3. The first-order chi connectivity index (χ1) is 19.9. The van der Waals surface area contributed by atoms with E-state index in [9.17, 15) is 37.9 Å². The van der Waals surface area contributed by atoms with Crippen molar-refractivity contribution in [1.82, 2.24) is 4.90 Å². The van der Waals surface area contributed by atoms with Gasteiger partial charge in [0.15, 0.2) is 11.6 Å². The molecule has 8 atom stereocenters. The summed E-state index contributed by atoms with van der Waals surface area (Å²) in [6, 6.07) is 2.11. The Morgan fingerprint density at radius 1 is 1.02 bits per heavy atom. The molecular weight excluding hydrogens is 569 g/mol. The Morgan fingerprint density at radius 2 is 1.64 bits per heavy atom. The van der Waals surface area contributed by atoms with Gasteiger partial charge in [-0.3, -0.25) is 14.4 Å². The number of hydrogen-bond donors (Lipinski definition) is 1. The van der Waals surface area contributed by atoms with Crippen molar-refractivity contribution in [3.05, 3.63) is 23.3 Å². The molecule has 0 aromatic carbocycles. The molecule has 9 heteroatoms. The van der Waals surface area contributed by atoms with Crippen LogP contribution >= 0.6 is 0 Å². The van der Waals surface area contributed by atoms with Gasteiger partial charge in [0.1, 0.15) is 18.1 Å². The summed E-state index contributed by atoms with van der Waals surface area (Å²) in [4.78, 5) is 41.4. The molecule has 0 spiro atoms. The van der Waals surface area contributed by atoms with E-state index in [0.717, 1.165) is 16.9 Å². The predicted molar refractivity (Wildman–Crippen MR) is 159 cm³/mol. The molecule has 0 radical (unpaired) electrons. The first kappa shape index (κ1) is 32.9. The van der Waals surface area contributed by atoms with Crippen molar-refractivity contribution in [1.29, 1.82) is 5.26 Å². The largest absolute Gasteiger partial charge is 0.397 e. The minimum Gasteiger partial charge on any atom is -0.381 e. The van der Waals surface area contributed by atoms with Crippen molar-refractivity contribution in [2.45, 2.75) is 112 Å². The van der Waals surface area contributed by atoms with Crippen LogP contribution in [0.5, 0.6) is 0 Å². The van der Waals surface area contributed by atoms with Crippen LogP contribution in [0.1, 0.15) is 99.8 Å². The van der Waals surface area contributed by atoms with E-state index < -0.39 is 57.1 Å². The van der Waals surface area contributed by atoms with E-state index in [0.29, 0.717) is 38.5 Å². The lowest BCUT2D eigenvalue weighted by Gasteiger charge is -2.71. The van der Waals surface area contributed by atoms with E-state index in [1.165, 1.54) is 7.05 Å². The zero-order valence-corrected chi connectivity index (χ0v) is 27.4. The highest BCUT2D eigenvalue weighted by atomic mass is 19.4. The fourth-order valence-electron chi connectivity index (χ4n) is 10.9. The molecule has 5 rings (SSSR count). The summed E-state index contributed by atoms with van der Waals surface area (Å²) in [5.41, 5.74) is -4.65. The summed E-state index contributed by atoms with van der Waals surface area (Å²) in [7, 11) is 1.40. The number of nitriles is 1. The maximum atomic E-state index is 14.6. The van der Waals surface area contributed by atoms with E-state index in [1.54, 1.807) is 12.2 Å². The number of hydrogen-bond acceptors (Lipinski definition) is 5. The van der Waals surface area contributed by atoms with Gasteiger partial charge >= 0.3 is 6.18 Å². The Kier molecular flexibility index (Phi) is 7.13. The van der Waals surface area contributed by atoms with Crippen LogP contribution in [0.25, 0.3) is 0 Å². The number of rotatable bonds is 3. The Hall–Kier alpha value is -2.47. The molecule has 0 aliphatic heterocycles. The monoisotopic (exact) mass is 616 g/mol. The van der Waals surface area contributed by atoms with Gasteiger partial charge in [0.2, 0.25) is 5.91 Å². The second kappa shape index (κ2) is 9.53. The van der Waals surface area contributed by atoms with Crippen molar-refractivity contribution in [3.63, 3.8) is 0 Å². The van der Waals surface area contributed by atoms with Gasteiger partial charge in [-0.1, -0.05) is 54.5 Å². The highest BCUT2D eigenvalue weighted by Crippen LogP contribution is 2.75. The van der Waals surface area contributed by atoms with Crippen molar-refractivity contribution in [2.24, 2.45) is 44.3 Å². The maximum absolute atomic E-state index is 14.6. The normalized spacial score (nSPS) is 44.6. The summed E-state index contributed by atoms with van der Waals surface area (Å²) >= 11 is 0. The molecule has 5 aliphatic carbocycles. The molecular formula is C35H47F3N2O4. The molecule has 44 heavy (non-hydrogen) atoms. The number of ketones is 2.